The van der Waals surface area contributed by atoms with Crippen molar-refractivity contribution in [2.75, 3.05) is 0 Å². The first-order chi connectivity index (χ1) is 12.0. The lowest BCUT2D eigenvalue weighted by Crippen LogP contribution is -2.41. The Morgan fingerprint density at radius 2 is 2.20 bits per heavy atom. The summed E-state index contributed by atoms with van der Waals surface area (Å²) in [5, 5.41) is 16.5. The number of aliphatic hydroxyl groups excluding tert-OH is 1. The molecule has 25 heavy (non-hydrogen) atoms. The summed E-state index contributed by atoms with van der Waals surface area (Å²) in [5.41, 5.74) is 0.263. The minimum Gasteiger partial charge on any atom is -0.393 e. The first-order valence-electron chi connectivity index (χ1n) is 8.42. The lowest BCUT2D eigenvalue weighted by molar-refractivity contribution is -0.123. The Bertz CT molecular complexity index is 715. The number of aliphatic hydroxyl groups is 1. The number of aromatic nitrogens is 2. The number of hydrogen-bond acceptors (Lipinski definition) is 3. The van der Waals surface area contributed by atoms with Crippen LogP contribution >= 0.6 is 0 Å². The van der Waals surface area contributed by atoms with Crippen LogP contribution in [0.2, 0.25) is 0 Å². The molecule has 1 saturated carbocycles. The topological polar surface area (TPSA) is 67.2 Å². The highest BCUT2D eigenvalue weighted by Crippen LogP contribution is 2.39. The molecule has 1 aromatic carbocycles. The number of aryl methyl sites for hydroxylation is 1. The second kappa shape index (κ2) is 7.74. The quantitative estimate of drug-likeness (QED) is 0.807. The van der Waals surface area contributed by atoms with Crippen LogP contribution in [0.1, 0.15) is 37.3 Å². The van der Waals surface area contributed by atoms with Gasteiger partial charge < -0.3 is 10.4 Å². The first-order valence-corrected chi connectivity index (χ1v) is 8.42. The maximum atomic E-state index is 14.1. The van der Waals surface area contributed by atoms with Crippen molar-refractivity contribution in [3.63, 3.8) is 0 Å². The van der Waals surface area contributed by atoms with Crippen molar-refractivity contribution < 1.29 is 18.7 Å². The molecule has 0 bridgehead atoms. The molecule has 0 unspecified atom stereocenters. The number of rotatable bonds is 7. The molecule has 1 amide bonds. The molecule has 0 radical (unpaired) electrons. The third kappa shape index (κ3) is 4.42. The van der Waals surface area contributed by atoms with Crippen molar-refractivity contribution in [1.29, 1.82) is 0 Å². The monoisotopic (exact) mass is 349 g/mol. The normalized spacial score (nSPS) is 20.8. The summed E-state index contributed by atoms with van der Waals surface area (Å²) in [6.07, 6.45) is 4.96. The van der Waals surface area contributed by atoms with Crippen LogP contribution in [0.5, 0.6) is 0 Å². The van der Waals surface area contributed by atoms with E-state index in [4.69, 9.17) is 0 Å². The van der Waals surface area contributed by atoms with Gasteiger partial charge in [0.1, 0.15) is 11.6 Å². The smallest absolute Gasteiger partial charge is 0.220 e. The predicted molar refractivity (Wildman–Crippen MR) is 87.4 cm³/mol. The molecule has 0 spiro atoms. The fraction of sp³-hybridized carbons (Fsp3) is 0.444. The van der Waals surface area contributed by atoms with Crippen LogP contribution in [0, 0.1) is 17.6 Å². The summed E-state index contributed by atoms with van der Waals surface area (Å²) in [6.45, 7) is 0.623. The highest BCUT2D eigenvalue weighted by molar-refractivity contribution is 5.76. The van der Waals surface area contributed by atoms with Gasteiger partial charge in [0.25, 0.3) is 0 Å². The lowest BCUT2D eigenvalue weighted by Gasteiger charge is -2.38. The number of carbonyl (C=O) groups is 1. The zero-order valence-corrected chi connectivity index (χ0v) is 13.7. The summed E-state index contributed by atoms with van der Waals surface area (Å²) < 4.78 is 29.0. The maximum absolute atomic E-state index is 14.1. The van der Waals surface area contributed by atoms with Crippen molar-refractivity contribution >= 4 is 5.91 Å². The highest BCUT2D eigenvalue weighted by Gasteiger charge is 2.36. The predicted octanol–water partition coefficient (Wildman–Crippen LogP) is 2.57. The molecule has 1 aliphatic carbocycles. The Labute approximate surface area is 144 Å². The van der Waals surface area contributed by atoms with Crippen molar-refractivity contribution in [1.82, 2.24) is 15.1 Å². The fourth-order valence-corrected chi connectivity index (χ4v) is 3.19. The van der Waals surface area contributed by atoms with Gasteiger partial charge in [-0.1, -0.05) is 6.07 Å². The second-order valence-corrected chi connectivity index (χ2v) is 6.47. The van der Waals surface area contributed by atoms with Gasteiger partial charge in [0.05, 0.1) is 12.1 Å². The molecule has 1 aliphatic rings. The minimum atomic E-state index is -0.678. The van der Waals surface area contributed by atoms with Gasteiger partial charge in [-0.25, -0.2) is 8.78 Å². The zero-order chi connectivity index (χ0) is 17.8. The minimum absolute atomic E-state index is 0.0509. The van der Waals surface area contributed by atoms with Gasteiger partial charge in [0.2, 0.25) is 5.91 Å². The molecule has 0 aliphatic heterocycles. The van der Waals surface area contributed by atoms with E-state index < -0.39 is 23.8 Å². The molecule has 2 aromatic rings. The van der Waals surface area contributed by atoms with Crippen molar-refractivity contribution in [3.8, 4) is 0 Å². The van der Waals surface area contributed by atoms with E-state index in [1.54, 1.807) is 10.9 Å². The van der Waals surface area contributed by atoms with Gasteiger partial charge in [-0.2, -0.15) is 5.10 Å². The Morgan fingerprint density at radius 3 is 2.84 bits per heavy atom. The number of carbonyl (C=O) groups excluding carboxylic acids is 1. The molecule has 7 heteroatoms. The van der Waals surface area contributed by atoms with Crippen LogP contribution in [0.15, 0.2) is 36.7 Å². The van der Waals surface area contributed by atoms with Gasteiger partial charge in [0.15, 0.2) is 0 Å². The highest BCUT2D eigenvalue weighted by atomic mass is 19.1. The molecule has 1 fully saturated rings. The molecular weight excluding hydrogens is 328 g/mol. The first kappa shape index (κ1) is 17.5. The summed E-state index contributed by atoms with van der Waals surface area (Å²) >= 11 is 0. The van der Waals surface area contributed by atoms with Crippen LogP contribution in [0.3, 0.4) is 0 Å². The van der Waals surface area contributed by atoms with Crippen LogP contribution in [-0.4, -0.2) is 26.9 Å². The molecule has 3 rings (SSSR count). The van der Waals surface area contributed by atoms with E-state index in [0.29, 0.717) is 25.8 Å². The Hall–Kier alpha value is -2.28. The number of benzene rings is 1. The number of nitrogens with zero attached hydrogens (tertiary/aromatic N) is 2. The lowest BCUT2D eigenvalue weighted by atomic mass is 9.75. The van der Waals surface area contributed by atoms with Gasteiger partial charge >= 0.3 is 0 Å². The van der Waals surface area contributed by atoms with Gasteiger partial charge in [0, 0.05) is 37.0 Å². The summed E-state index contributed by atoms with van der Waals surface area (Å²) in [7, 11) is 0. The van der Waals surface area contributed by atoms with Gasteiger partial charge in [-0.3, -0.25) is 9.48 Å². The Morgan fingerprint density at radius 1 is 1.40 bits per heavy atom. The van der Waals surface area contributed by atoms with E-state index in [9.17, 15) is 18.7 Å². The summed E-state index contributed by atoms with van der Waals surface area (Å²) in [4.78, 5) is 12.3. The Kier molecular flexibility index (Phi) is 5.43. The molecule has 0 saturated heterocycles. The standard InChI is InChI=1S/C18H21F2N3O2/c19-13-4-5-15(16(20)11-13)18(12-9-14(24)10-12)22-17(25)3-1-7-23-8-2-6-21-23/h2,4-6,8,11-12,14,18,24H,1,3,7,9-10H2,(H,22,25)/t12?,14?,18-/m0/s1. The van der Waals surface area contributed by atoms with E-state index in [1.807, 2.05) is 12.3 Å². The van der Waals surface area contributed by atoms with Crippen molar-refractivity contribution in [3.05, 3.63) is 53.9 Å². The summed E-state index contributed by atoms with van der Waals surface area (Å²) in [6, 6.07) is 4.63. The molecule has 134 valence electrons. The fourth-order valence-electron chi connectivity index (χ4n) is 3.19. The van der Waals surface area contributed by atoms with Crippen molar-refractivity contribution in [2.24, 2.45) is 5.92 Å². The van der Waals surface area contributed by atoms with Crippen LogP contribution in [-0.2, 0) is 11.3 Å². The third-order valence-electron chi connectivity index (χ3n) is 4.59. The van der Waals surface area contributed by atoms with Crippen LogP contribution < -0.4 is 5.32 Å². The number of amides is 1. The molecule has 1 heterocycles. The Balaban J connectivity index is 1.62. The van der Waals surface area contributed by atoms with Crippen LogP contribution in [0.4, 0.5) is 8.78 Å². The molecule has 1 aromatic heterocycles. The van der Waals surface area contributed by atoms with E-state index in [1.165, 1.54) is 12.1 Å². The number of halogens is 2. The SMILES string of the molecule is O=C(CCCn1cccn1)N[C@H](c1ccc(F)cc1F)C1CC(O)C1. The van der Waals surface area contributed by atoms with E-state index >= 15 is 0 Å². The van der Waals surface area contributed by atoms with Gasteiger partial charge in [-0.05, 0) is 37.3 Å². The zero-order valence-electron chi connectivity index (χ0n) is 13.7. The average molecular weight is 349 g/mol. The third-order valence-corrected chi connectivity index (χ3v) is 4.59. The number of hydrogen-bond donors (Lipinski definition) is 2. The number of nitrogens with one attached hydrogen (secondary N) is 1. The average Bonchev–Trinajstić information content (AvgIpc) is 3.04. The van der Waals surface area contributed by atoms with E-state index in [0.717, 1.165) is 6.07 Å². The second-order valence-electron chi connectivity index (χ2n) is 6.47. The van der Waals surface area contributed by atoms with Crippen LogP contribution in [0.25, 0.3) is 0 Å². The molecular formula is C18H21F2N3O2. The summed E-state index contributed by atoms with van der Waals surface area (Å²) in [5.74, 6) is -1.57. The molecule has 5 nitrogen and oxygen atoms in total. The largest absolute Gasteiger partial charge is 0.393 e. The van der Waals surface area contributed by atoms with Crippen molar-refractivity contribution in [2.45, 2.75) is 44.4 Å². The van der Waals surface area contributed by atoms with Gasteiger partial charge in [-0.15, -0.1) is 0 Å². The van der Waals surface area contributed by atoms with E-state index in [-0.39, 0.29) is 23.8 Å². The van der Waals surface area contributed by atoms with E-state index in [2.05, 4.69) is 10.4 Å². The molecule has 1 atom stereocenters. The maximum Gasteiger partial charge on any atom is 0.220 e. The molecule has 2 N–H and O–H groups in total.